The fourth-order valence-corrected chi connectivity index (χ4v) is 7.12. The number of carbonyl (C=O) groups is 4. The highest BCUT2D eigenvalue weighted by molar-refractivity contribution is 6.45. The van der Waals surface area contributed by atoms with Gasteiger partial charge in [0.05, 0.1) is 21.6 Å². The molecule has 0 radical (unpaired) electrons. The van der Waals surface area contributed by atoms with Crippen LogP contribution in [0.5, 0.6) is 5.75 Å². The van der Waals surface area contributed by atoms with Crippen LogP contribution in [0.25, 0.3) is 10.9 Å². The molecule has 0 spiro atoms. The smallest absolute Gasteiger partial charge is 0.405 e. The molecule has 8 nitrogen and oxygen atoms in total. The van der Waals surface area contributed by atoms with Gasteiger partial charge in [-0.05, 0) is 50.0 Å². The van der Waals surface area contributed by atoms with E-state index in [1.807, 2.05) is 0 Å². The van der Waals surface area contributed by atoms with Gasteiger partial charge >= 0.3 is 6.36 Å². The lowest BCUT2D eigenvalue weighted by Gasteiger charge is -2.29. The van der Waals surface area contributed by atoms with E-state index in [1.54, 1.807) is 6.92 Å². The average molecular weight is 616 g/mol. The zero-order chi connectivity index (χ0) is 29.6. The van der Waals surface area contributed by atoms with Crippen molar-refractivity contribution >= 4 is 57.5 Å². The number of likely N-dealkylation sites (tertiary alicyclic amines) is 1. The summed E-state index contributed by atoms with van der Waals surface area (Å²) in [4.78, 5) is 56.8. The van der Waals surface area contributed by atoms with Gasteiger partial charge in [0.1, 0.15) is 23.3 Å². The first kappa shape index (κ1) is 29.7. The van der Waals surface area contributed by atoms with Crippen LogP contribution in [0.1, 0.15) is 68.8 Å². The van der Waals surface area contributed by atoms with Gasteiger partial charge < -0.3 is 19.9 Å². The third-order valence-electron chi connectivity index (χ3n) is 8.65. The summed E-state index contributed by atoms with van der Waals surface area (Å²) in [5.74, 6) is -2.12. The number of fused-ring (bicyclic) bond motifs is 2. The van der Waals surface area contributed by atoms with Crippen LogP contribution in [0.15, 0.2) is 12.1 Å². The van der Waals surface area contributed by atoms with E-state index >= 15 is 0 Å². The van der Waals surface area contributed by atoms with Crippen LogP contribution >= 0.6 is 23.2 Å². The maximum Gasteiger partial charge on any atom is 0.573 e. The molecule has 1 aromatic carbocycles. The molecule has 3 fully saturated rings. The lowest BCUT2D eigenvalue weighted by molar-refractivity contribution is -0.274. The van der Waals surface area contributed by atoms with Gasteiger partial charge in [-0.15, -0.1) is 13.2 Å². The van der Waals surface area contributed by atoms with Crippen molar-refractivity contribution in [3.8, 4) is 5.75 Å². The number of halogens is 5. The summed E-state index contributed by atoms with van der Waals surface area (Å²) >= 11 is 12.3. The summed E-state index contributed by atoms with van der Waals surface area (Å²) < 4.78 is 43.3. The van der Waals surface area contributed by atoms with E-state index in [2.05, 4.69) is 15.0 Å². The van der Waals surface area contributed by atoms with Crippen LogP contribution in [0.2, 0.25) is 10.0 Å². The number of Topliss-reactive ketones (excluding diaryl/α,β-unsaturated/α-hetero) is 2. The van der Waals surface area contributed by atoms with Crippen LogP contribution in [-0.4, -0.2) is 58.3 Å². The van der Waals surface area contributed by atoms with Crippen LogP contribution < -0.4 is 10.1 Å². The van der Waals surface area contributed by atoms with Crippen LogP contribution in [0.4, 0.5) is 13.2 Å². The summed E-state index contributed by atoms with van der Waals surface area (Å²) in [6, 6.07) is 0.420. The number of aromatic amines is 1. The standard InChI is InChI=1S/C28H30Cl2F3N3O5/c1-2-20(37)18(9-13-5-4-8-21(13)38)35-26(39)25-15-7-3-6-14(15)12-36(25)27(40)19-10-16-22(41-28(31,32)33)11-17(29)23(30)24(16)34-19/h10-11,13-15,18,25,34H,2-9,12H2,1H3,(H,35,39). The molecule has 3 aliphatic rings. The van der Waals surface area contributed by atoms with Crippen molar-refractivity contribution in [3.63, 3.8) is 0 Å². The quantitative estimate of drug-likeness (QED) is 0.388. The molecule has 13 heteroatoms. The van der Waals surface area contributed by atoms with E-state index in [0.717, 1.165) is 31.7 Å². The molecule has 2 heterocycles. The lowest BCUT2D eigenvalue weighted by atomic mass is 9.91. The molecule has 222 valence electrons. The van der Waals surface area contributed by atoms with Gasteiger partial charge in [0.15, 0.2) is 5.78 Å². The number of nitrogens with one attached hydrogen (secondary N) is 2. The number of amides is 2. The molecule has 1 saturated heterocycles. The van der Waals surface area contributed by atoms with Gasteiger partial charge in [-0.1, -0.05) is 36.5 Å². The zero-order valence-corrected chi connectivity index (χ0v) is 23.8. The Bertz CT molecular complexity index is 1390. The van der Waals surface area contributed by atoms with Crippen molar-refractivity contribution in [1.29, 1.82) is 0 Å². The first-order chi connectivity index (χ1) is 19.4. The molecule has 2 saturated carbocycles. The molecule has 2 amide bonds. The number of H-pyrrole nitrogens is 1. The van der Waals surface area contributed by atoms with Gasteiger partial charge in [-0.3, -0.25) is 19.2 Å². The van der Waals surface area contributed by atoms with E-state index < -0.39 is 36.0 Å². The number of hydrogen-bond donors (Lipinski definition) is 2. The lowest BCUT2D eigenvalue weighted by Crippen LogP contribution is -2.53. The highest BCUT2D eigenvalue weighted by Crippen LogP contribution is 2.44. The second-order valence-corrected chi connectivity index (χ2v) is 11.9. The normalized spacial score (nSPS) is 25.0. The molecule has 5 unspecified atom stereocenters. The monoisotopic (exact) mass is 615 g/mol. The Morgan fingerprint density at radius 3 is 2.59 bits per heavy atom. The Morgan fingerprint density at radius 2 is 1.93 bits per heavy atom. The van der Waals surface area contributed by atoms with Gasteiger partial charge in [0, 0.05) is 36.8 Å². The first-order valence-corrected chi connectivity index (χ1v) is 14.6. The maximum absolute atomic E-state index is 13.8. The summed E-state index contributed by atoms with van der Waals surface area (Å²) in [6.07, 6.45) is -0.245. The molecule has 5 rings (SSSR count). The van der Waals surface area contributed by atoms with E-state index in [-0.39, 0.29) is 75.3 Å². The van der Waals surface area contributed by atoms with Gasteiger partial charge in [0.2, 0.25) is 5.91 Å². The van der Waals surface area contributed by atoms with Crippen molar-refractivity contribution in [2.75, 3.05) is 6.54 Å². The van der Waals surface area contributed by atoms with Gasteiger partial charge in [0.25, 0.3) is 5.91 Å². The SMILES string of the molecule is CCC(=O)C(CC1CCCC1=O)NC(=O)C1C2CCCC2CN1C(=O)c1cc2c(OC(F)(F)F)cc(Cl)c(Cl)c2[nH]1. The summed E-state index contributed by atoms with van der Waals surface area (Å²) in [7, 11) is 0. The summed E-state index contributed by atoms with van der Waals surface area (Å²) in [6.45, 7) is 1.98. The van der Waals surface area contributed by atoms with Crippen molar-refractivity contribution in [3.05, 3.63) is 27.9 Å². The number of ketones is 2. The number of nitrogens with zero attached hydrogens (tertiary/aromatic N) is 1. The second-order valence-electron chi connectivity index (χ2n) is 11.1. The summed E-state index contributed by atoms with van der Waals surface area (Å²) in [5.41, 5.74) is -0.0799. The predicted octanol–water partition coefficient (Wildman–Crippen LogP) is 5.84. The zero-order valence-electron chi connectivity index (χ0n) is 22.3. The minimum Gasteiger partial charge on any atom is -0.405 e. The Hall–Kier alpha value is -2.79. The van der Waals surface area contributed by atoms with E-state index in [0.29, 0.717) is 12.8 Å². The number of benzene rings is 1. The highest BCUT2D eigenvalue weighted by atomic mass is 35.5. The van der Waals surface area contributed by atoms with Crippen LogP contribution in [0.3, 0.4) is 0 Å². The molecule has 1 aliphatic heterocycles. The Balaban J connectivity index is 1.44. The van der Waals surface area contributed by atoms with E-state index in [1.165, 1.54) is 11.0 Å². The topological polar surface area (TPSA) is 109 Å². The van der Waals surface area contributed by atoms with Gasteiger partial charge in [-0.25, -0.2) is 0 Å². The minimum atomic E-state index is -5.00. The van der Waals surface area contributed by atoms with Crippen molar-refractivity contribution in [2.24, 2.45) is 17.8 Å². The maximum atomic E-state index is 13.8. The van der Waals surface area contributed by atoms with Crippen molar-refractivity contribution in [1.82, 2.24) is 15.2 Å². The summed E-state index contributed by atoms with van der Waals surface area (Å²) in [5, 5.41) is 2.49. The fourth-order valence-electron chi connectivity index (χ4n) is 6.72. The molecule has 1 aromatic heterocycles. The van der Waals surface area contributed by atoms with E-state index in [9.17, 15) is 32.3 Å². The molecular weight excluding hydrogens is 586 g/mol. The number of carbonyl (C=O) groups excluding carboxylic acids is 4. The number of aromatic nitrogens is 1. The Kier molecular flexibility index (Phi) is 8.31. The average Bonchev–Trinajstić information content (AvgIpc) is 3.69. The van der Waals surface area contributed by atoms with E-state index in [4.69, 9.17) is 23.2 Å². The van der Waals surface area contributed by atoms with Crippen LogP contribution in [0, 0.1) is 17.8 Å². The highest BCUT2D eigenvalue weighted by Gasteiger charge is 2.50. The minimum absolute atomic E-state index is 0.00278. The fraction of sp³-hybridized carbons (Fsp3) is 0.571. The van der Waals surface area contributed by atoms with Gasteiger partial charge in [-0.2, -0.15) is 0 Å². The largest absolute Gasteiger partial charge is 0.573 e. The third-order valence-corrected chi connectivity index (χ3v) is 9.44. The molecule has 2 aromatic rings. The molecular formula is C28H30Cl2F3N3O5. The number of rotatable bonds is 8. The number of alkyl halides is 3. The number of ether oxygens (including phenoxy) is 1. The Morgan fingerprint density at radius 1 is 1.17 bits per heavy atom. The second kappa shape index (κ2) is 11.5. The molecule has 5 atom stereocenters. The van der Waals surface area contributed by atoms with Crippen molar-refractivity contribution in [2.45, 2.75) is 76.7 Å². The Labute approximate surface area is 244 Å². The molecule has 0 bridgehead atoms. The molecule has 2 aliphatic carbocycles. The third kappa shape index (κ3) is 5.93. The molecule has 41 heavy (non-hydrogen) atoms. The van der Waals surface area contributed by atoms with Crippen LogP contribution in [-0.2, 0) is 14.4 Å². The number of hydrogen-bond acceptors (Lipinski definition) is 5. The first-order valence-electron chi connectivity index (χ1n) is 13.8. The molecule has 2 N–H and O–H groups in total. The van der Waals surface area contributed by atoms with Crippen molar-refractivity contribution < 1.29 is 37.1 Å². The predicted molar refractivity (Wildman–Crippen MR) is 145 cm³/mol.